The van der Waals surface area contributed by atoms with Gasteiger partial charge in [0.2, 0.25) is 0 Å². The normalized spacial score (nSPS) is 11.1. The topological polar surface area (TPSA) is 25.5 Å². The van der Waals surface area contributed by atoms with Gasteiger partial charge in [0, 0.05) is 9.13 Å². The van der Waals surface area contributed by atoms with Crippen LogP contribution in [0.25, 0.3) is 11.3 Å². The molecule has 0 unspecified atom stereocenters. The van der Waals surface area contributed by atoms with E-state index in [1.165, 1.54) is 9.13 Å². The van der Waals surface area contributed by atoms with Crippen molar-refractivity contribution >= 4 is 34.5 Å². The highest BCUT2D eigenvalue weighted by molar-refractivity contribution is 14.1. The standard InChI is InChI=1S/C18H14INO/c1-13-2-8-16(9-3-13)20-12-17-10-11-18(21-17)14-4-6-15(19)7-5-14/h2-12H,1H3. The Morgan fingerprint density at radius 3 is 2.33 bits per heavy atom. The third-order valence-electron chi connectivity index (χ3n) is 3.13. The summed E-state index contributed by atoms with van der Waals surface area (Å²) in [6.07, 6.45) is 1.75. The van der Waals surface area contributed by atoms with E-state index in [-0.39, 0.29) is 0 Å². The zero-order chi connectivity index (χ0) is 14.7. The van der Waals surface area contributed by atoms with Gasteiger partial charge < -0.3 is 4.42 Å². The van der Waals surface area contributed by atoms with Crippen molar-refractivity contribution in [2.45, 2.75) is 6.92 Å². The monoisotopic (exact) mass is 387 g/mol. The lowest BCUT2D eigenvalue weighted by atomic mass is 10.2. The van der Waals surface area contributed by atoms with E-state index < -0.39 is 0 Å². The van der Waals surface area contributed by atoms with Crippen LogP contribution in [-0.2, 0) is 0 Å². The molecule has 0 bridgehead atoms. The second kappa shape index (κ2) is 6.26. The lowest BCUT2D eigenvalue weighted by Crippen LogP contribution is -1.76. The Bertz CT molecular complexity index is 755. The summed E-state index contributed by atoms with van der Waals surface area (Å²) in [5, 5.41) is 0. The highest BCUT2D eigenvalue weighted by Crippen LogP contribution is 2.23. The van der Waals surface area contributed by atoms with Crippen LogP contribution in [0.1, 0.15) is 11.3 Å². The summed E-state index contributed by atoms with van der Waals surface area (Å²) in [7, 11) is 0. The van der Waals surface area contributed by atoms with Crippen molar-refractivity contribution < 1.29 is 4.42 Å². The fourth-order valence-corrected chi connectivity index (χ4v) is 2.32. The number of rotatable bonds is 3. The SMILES string of the molecule is Cc1ccc(N=Cc2ccc(-c3ccc(I)cc3)o2)cc1. The summed E-state index contributed by atoms with van der Waals surface area (Å²) in [6.45, 7) is 2.06. The molecule has 0 saturated heterocycles. The summed E-state index contributed by atoms with van der Waals surface area (Å²) in [4.78, 5) is 4.42. The van der Waals surface area contributed by atoms with Crippen molar-refractivity contribution in [3.63, 3.8) is 0 Å². The molecule has 3 aromatic rings. The Morgan fingerprint density at radius 2 is 1.62 bits per heavy atom. The van der Waals surface area contributed by atoms with E-state index in [4.69, 9.17) is 4.42 Å². The van der Waals surface area contributed by atoms with Crippen molar-refractivity contribution in [1.82, 2.24) is 0 Å². The molecular formula is C18H14INO. The molecule has 1 heterocycles. The Kier molecular flexibility index (Phi) is 4.20. The maximum Gasteiger partial charge on any atom is 0.145 e. The number of hydrogen-bond acceptors (Lipinski definition) is 2. The molecule has 0 N–H and O–H groups in total. The van der Waals surface area contributed by atoms with E-state index in [2.05, 4.69) is 58.8 Å². The van der Waals surface area contributed by atoms with Gasteiger partial charge >= 0.3 is 0 Å². The number of furan rings is 1. The predicted octanol–water partition coefficient (Wildman–Crippen LogP) is 5.61. The second-order valence-corrected chi connectivity index (χ2v) is 6.05. The van der Waals surface area contributed by atoms with Gasteiger partial charge in [0.1, 0.15) is 11.5 Å². The molecule has 2 aromatic carbocycles. The Morgan fingerprint density at radius 1 is 0.905 bits per heavy atom. The van der Waals surface area contributed by atoms with Crippen LogP contribution in [0, 0.1) is 10.5 Å². The molecule has 1 aromatic heterocycles. The minimum absolute atomic E-state index is 0.754. The fraction of sp³-hybridized carbons (Fsp3) is 0.0556. The van der Waals surface area contributed by atoms with Gasteiger partial charge in [0.05, 0.1) is 11.9 Å². The molecule has 0 atom stereocenters. The lowest BCUT2D eigenvalue weighted by Gasteiger charge is -1.96. The van der Waals surface area contributed by atoms with Crippen LogP contribution >= 0.6 is 22.6 Å². The maximum absolute atomic E-state index is 5.80. The van der Waals surface area contributed by atoms with Gasteiger partial charge in [-0.3, -0.25) is 4.99 Å². The summed E-state index contributed by atoms with van der Waals surface area (Å²) in [5.74, 6) is 1.61. The summed E-state index contributed by atoms with van der Waals surface area (Å²) in [5.41, 5.74) is 3.23. The fourth-order valence-electron chi connectivity index (χ4n) is 1.96. The molecule has 3 heteroatoms. The highest BCUT2D eigenvalue weighted by Gasteiger charge is 2.03. The first-order valence-corrected chi connectivity index (χ1v) is 7.75. The van der Waals surface area contributed by atoms with Crippen LogP contribution in [0.2, 0.25) is 0 Å². The molecule has 0 radical (unpaired) electrons. The number of aliphatic imine (C=N–C) groups is 1. The minimum Gasteiger partial charge on any atom is -0.455 e. The molecule has 0 aliphatic heterocycles. The largest absolute Gasteiger partial charge is 0.455 e. The van der Waals surface area contributed by atoms with Crippen molar-refractivity contribution in [1.29, 1.82) is 0 Å². The van der Waals surface area contributed by atoms with Crippen molar-refractivity contribution in [3.05, 3.63) is 75.6 Å². The maximum atomic E-state index is 5.80. The molecule has 2 nitrogen and oxygen atoms in total. The van der Waals surface area contributed by atoms with E-state index in [0.29, 0.717) is 0 Å². The molecule has 0 spiro atoms. The van der Waals surface area contributed by atoms with Gasteiger partial charge in [-0.25, -0.2) is 0 Å². The molecule has 104 valence electrons. The van der Waals surface area contributed by atoms with E-state index in [1.807, 2.05) is 36.4 Å². The van der Waals surface area contributed by atoms with Crippen molar-refractivity contribution in [2.75, 3.05) is 0 Å². The van der Waals surface area contributed by atoms with Crippen LogP contribution in [0.3, 0.4) is 0 Å². The van der Waals surface area contributed by atoms with Gasteiger partial charge in [0.15, 0.2) is 0 Å². The molecule has 21 heavy (non-hydrogen) atoms. The van der Waals surface area contributed by atoms with Gasteiger partial charge in [-0.1, -0.05) is 29.8 Å². The van der Waals surface area contributed by atoms with Gasteiger partial charge in [-0.2, -0.15) is 0 Å². The van der Waals surface area contributed by atoms with Crippen LogP contribution in [0.15, 0.2) is 70.1 Å². The quantitative estimate of drug-likeness (QED) is 0.424. The summed E-state index contributed by atoms with van der Waals surface area (Å²) in [6, 6.07) is 20.2. The minimum atomic E-state index is 0.754. The van der Waals surface area contributed by atoms with Gasteiger partial charge in [0.25, 0.3) is 0 Å². The van der Waals surface area contributed by atoms with Crippen molar-refractivity contribution in [3.8, 4) is 11.3 Å². The summed E-state index contributed by atoms with van der Waals surface area (Å²) >= 11 is 2.29. The number of benzene rings is 2. The third kappa shape index (κ3) is 3.61. The first-order chi connectivity index (χ1) is 10.2. The summed E-state index contributed by atoms with van der Waals surface area (Å²) < 4.78 is 7.02. The van der Waals surface area contributed by atoms with E-state index in [0.717, 1.165) is 22.8 Å². The zero-order valence-electron chi connectivity index (χ0n) is 11.6. The second-order valence-electron chi connectivity index (χ2n) is 4.80. The smallest absolute Gasteiger partial charge is 0.145 e. The van der Waals surface area contributed by atoms with E-state index >= 15 is 0 Å². The van der Waals surface area contributed by atoms with Crippen LogP contribution in [-0.4, -0.2) is 6.21 Å². The molecule has 0 aliphatic carbocycles. The number of nitrogens with zero attached hydrogens (tertiary/aromatic N) is 1. The average Bonchev–Trinajstić information content (AvgIpc) is 2.96. The van der Waals surface area contributed by atoms with Gasteiger partial charge in [-0.15, -0.1) is 0 Å². The van der Waals surface area contributed by atoms with Crippen LogP contribution in [0.4, 0.5) is 5.69 Å². The van der Waals surface area contributed by atoms with Gasteiger partial charge in [-0.05, 0) is 65.9 Å². The first-order valence-electron chi connectivity index (χ1n) is 6.67. The number of hydrogen-bond donors (Lipinski definition) is 0. The molecule has 0 saturated carbocycles. The molecule has 0 fully saturated rings. The zero-order valence-corrected chi connectivity index (χ0v) is 13.7. The Balaban J connectivity index is 1.78. The molecule has 3 rings (SSSR count). The molecule has 0 amide bonds. The highest BCUT2D eigenvalue weighted by atomic mass is 127. The van der Waals surface area contributed by atoms with Crippen LogP contribution < -0.4 is 0 Å². The Labute approximate surface area is 137 Å². The predicted molar refractivity (Wildman–Crippen MR) is 95.3 cm³/mol. The van der Waals surface area contributed by atoms with E-state index in [9.17, 15) is 0 Å². The lowest BCUT2D eigenvalue weighted by molar-refractivity contribution is 0.575. The first kappa shape index (κ1) is 14.1. The van der Waals surface area contributed by atoms with E-state index in [1.54, 1.807) is 6.21 Å². The molecule has 0 aliphatic rings. The molecular weight excluding hydrogens is 373 g/mol. The number of halogens is 1. The number of aryl methyl sites for hydroxylation is 1. The third-order valence-corrected chi connectivity index (χ3v) is 3.85. The van der Waals surface area contributed by atoms with Crippen molar-refractivity contribution in [2.24, 2.45) is 4.99 Å². The Hall–Kier alpha value is -1.88. The van der Waals surface area contributed by atoms with Crippen LogP contribution in [0.5, 0.6) is 0 Å². The average molecular weight is 387 g/mol.